The van der Waals surface area contributed by atoms with Gasteiger partial charge in [0.2, 0.25) is 0 Å². The van der Waals surface area contributed by atoms with Gasteiger partial charge < -0.3 is 4.42 Å². The highest BCUT2D eigenvalue weighted by Gasteiger charge is 2.21. The molecule has 4 nitrogen and oxygen atoms in total. The molecule has 0 spiro atoms. The maximum atomic E-state index is 6.42. The molecule has 71 heavy (non-hydrogen) atoms. The number of hydrogen-bond donors (Lipinski definition) is 0. The number of rotatable bonds is 11. The second kappa shape index (κ2) is 19.2. The van der Waals surface area contributed by atoms with Crippen LogP contribution < -0.4 is 0 Å². The van der Waals surface area contributed by atoms with Crippen LogP contribution in [0, 0.1) is 0 Å². The normalized spacial score (nSPS) is 11.1. The molecule has 12 rings (SSSR count). The van der Waals surface area contributed by atoms with Crippen LogP contribution in [0.2, 0.25) is 0 Å². The van der Waals surface area contributed by atoms with Crippen molar-refractivity contribution in [3.8, 4) is 34.2 Å². The molecular weight excluding hydrogens is 863 g/mol. The lowest BCUT2D eigenvalue weighted by Gasteiger charge is -2.19. The largest absolute Gasteiger partial charge is 0.456 e. The third-order valence-electron chi connectivity index (χ3n) is 13.0. The summed E-state index contributed by atoms with van der Waals surface area (Å²) in [6.07, 6.45) is 0. The Morgan fingerprint density at radius 3 is 0.901 bits per heavy atom. The summed E-state index contributed by atoms with van der Waals surface area (Å²) in [6, 6.07) is 95.5. The van der Waals surface area contributed by atoms with E-state index < -0.39 is 0 Å². The number of furan rings is 1. The molecule has 0 aliphatic rings. The first-order chi connectivity index (χ1) is 35.2. The van der Waals surface area contributed by atoms with E-state index in [2.05, 4.69) is 255 Å². The summed E-state index contributed by atoms with van der Waals surface area (Å²) < 4.78 is 6.42. The van der Waals surface area contributed by atoms with E-state index in [1.807, 2.05) is 18.2 Å². The molecule has 0 N–H and O–H groups in total. The summed E-state index contributed by atoms with van der Waals surface area (Å²) in [5.41, 5.74) is 17.4. The SMILES string of the molecule is c1ccc(C(=C(c2ccccc2)c2cccc(-c3nc(-c4cccc(C(=C(c5ccccc5)c5ccccc5)c5ccccc5)c4)nc(-c4ccc5c(c4)oc4ccccc45)n3)c2)c2ccccc2)cc1. The number of fused-ring (bicyclic) bond motifs is 3. The van der Waals surface area contributed by atoms with Crippen molar-refractivity contribution in [3.63, 3.8) is 0 Å². The molecule has 0 atom stereocenters. The molecule has 0 saturated carbocycles. The summed E-state index contributed by atoms with van der Waals surface area (Å²) in [7, 11) is 0. The van der Waals surface area contributed by atoms with Gasteiger partial charge in [0.1, 0.15) is 11.2 Å². The van der Waals surface area contributed by atoms with Crippen molar-refractivity contribution in [2.45, 2.75) is 0 Å². The third-order valence-corrected chi connectivity index (χ3v) is 13.0. The first-order valence-electron chi connectivity index (χ1n) is 23.9. The second-order valence-electron chi connectivity index (χ2n) is 17.5. The van der Waals surface area contributed by atoms with Crippen LogP contribution in [-0.2, 0) is 0 Å². The Kier molecular flexibility index (Phi) is 11.6. The highest BCUT2D eigenvalue weighted by molar-refractivity contribution is 6.07. The maximum absolute atomic E-state index is 6.42. The summed E-state index contributed by atoms with van der Waals surface area (Å²) in [6.45, 7) is 0. The number of benzene rings is 10. The molecule has 2 heterocycles. The van der Waals surface area contributed by atoms with Crippen LogP contribution in [0.3, 0.4) is 0 Å². The first-order valence-corrected chi connectivity index (χ1v) is 23.9. The Morgan fingerprint density at radius 2 is 0.521 bits per heavy atom. The van der Waals surface area contributed by atoms with Crippen LogP contribution in [0.1, 0.15) is 44.5 Å². The molecule has 0 radical (unpaired) electrons. The van der Waals surface area contributed by atoms with E-state index >= 15 is 0 Å². The minimum Gasteiger partial charge on any atom is -0.456 e. The van der Waals surface area contributed by atoms with Gasteiger partial charge >= 0.3 is 0 Å². The van der Waals surface area contributed by atoms with Gasteiger partial charge in [-0.2, -0.15) is 0 Å². The minimum atomic E-state index is 0.546. The monoisotopic (exact) mass is 907 g/mol. The van der Waals surface area contributed by atoms with Crippen molar-refractivity contribution in [2.75, 3.05) is 0 Å². The van der Waals surface area contributed by atoms with E-state index in [0.717, 1.165) is 105 Å². The van der Waals surface area contributed by atoms with Crippen LogP contribution in [-0.4, -0.2) is 15.0 Å². The summed E-state index contributed by atoms with van der Waals surface area (Å²) in [4.78, 5) is 16.0. The lowest BCUT2D eigenvalue weighted by atomic mass is 9.85. The van der Waals surface area contributed by atoms with Gasteiger partial charge in [-0.3, -0.25) is 0 Å². The predicted molar refractivity (Wildman–Crippen MR) is 292 cm³/mol. The molecule has 0 bridgehead atoms. The first kappa shape index (κ1) is 42.8. The Bertz CT molecular complexity index is 3600. The summed E-state index contributed by atoms with van der Waals surface area (Å²) in [5.74, 6) is 1.66. The average molecular weight is 908 g/mol. The standard InChI is InChI=1S/C67H45N3O/c1-7-23-46(24-8-1)61(47-25-9-2-10-26-47)63(50-31-15-5-16-32-50)52-35-21-37-54(43-52)65-68-66(70-67(69-65)56-41-42-58-57-39-19-20-40-59(57)71-60(58)45-56)55-38-22-36-53(44-55)64(51-33-17-6-18-34-51)62(48-27-11-3-12-28-48)49-29-13-4-14-30-49/h1-45H. The minimum absolute atomic E-state index is 0.546. The molecule has 10 aromatic carbocycles. The molecule has 4 heteroatoms. The Labute approximate surface area is 413 Å². The molecule has 0 saturated heterocycles. The maximum Gasteiger partial charge on any atom is 0.164 e. The number of hydrogen-bond acceptors (Lipinski definition) is 4. The Morgan fingerprint density at radius 1 is 0.225 bits per heavy atom. The molecule has 2 aromatic heterocycles. The van der Waals surface area contributed by atoms with Crippen molar-refractivity contribution in [1.82, 2.24) is 15.0 Å². The zero-order valence-corrected chi connectivity index (χ0v) is 38.7. The van der Waals surface area contributed by atoms with Crippen molar-refractivity contribution >= 4 is 44.2 Å². The molecule has 0 aliphatic carbocycles. The van der Waals surface area contributed by atoms with E-state index in [4.69, 9.17) is 19.4 Å². The molecule has 0 unspecified atom stereocenters. The molecule has 0 fully saturated rings. The van der Waals surface area contributed by atoms with E-state index in [0.29, 0.717) is 17.5 Å². The fourth-order valence-electron chi connectivity index (χ4n) is 9.71. The lowest BCUT2D eigenvalue weighted by Crippen LogP contribution is -2.02. The molecule has 0 amide bonds. The van der Waals surface area contributed by atoms with Gasteiger partial charge in [-0.05, 0) is 97.1 Å². The number of para-hydroxylation sites is 1. The lowest BCUT2D eigenvalue weighted by molar-refractivity contribution is 0.669. The van der Waals surface area contributed by atoms with Gasteiger partial charge in [-0.25, -0.2) is 15.0 Å². The highest BCUT2D eigenvalue weighted by atomic mass is 16.3. The third kappa shape index (κ3) is 8.67. The zero-order chi connectivity index (χ0) is 47.3. The predicted octanol–water partition coefficient (Wildman–Crippen LogP) is 16.8. The van der Waals surface area contributed by atoms with Gasteiger partial charge in [-0.1, -0.05) is 243 Å². The number of nitrogens with zero attached hydrogens (tertiary/aromatic N) is 3. The van der Waals surface area contributed by atoms with Crippen molar-refractivity contribution in [2.24, 2.45) is 0 Å². The molecular formula is C67H45N3O. The van der Waals surface area contributed by atoms with Gasteiger partial charge in [0, 0.05) is 27.5 Å². The second-order valence-corrected chi connectivity index (χ2v) is 17.5. The fourth-order valence-corrected chi connectivity index (χ4v) is 9.71. The van der Waals surface area contributed by atoms with Gasteiger partial charge in [0.05, 0.1) is 0 Å². The number of aromatic nitrogens is 3. The van der Waals surface area contributed by atoms with Crippen molar-refractivity contribution < 1.29 is 4.42 Å². The summed E-state index contributed by atoms with van der Waals surface area (Å²) >= 11 is 0. The Hall–Kier alpha value is -9.51. The van der Waals surface area contributed by atoms with Gasteiger partial charge in [0.15, 0.2) is 17.5 Å². The highest BCUT2D eigenvalue weighted by Crippen LogP contribution is 2.41. The molecule has 0 aliphatic heterocycles. The van der Waals surface area contributed by atoms with Gasteiger partial charge in [0.25, 0.3) is 0 Å². The van der Waals surface area contributed by atoms with Crippen LogP contribution in [0.5, 0.6) is 0 Å². The van der Waals surface area contributed by atoms with E-state index in [1.165, 1.54) is 0 Å². The van der Waals surface area contributed by atoms with Crippen LogP contribution >= 0.6 is 0 Å². The van der Waals surface area contributed by atoms with Crippen LogP contribution in [0.25, 0.3) is 78.4 Å². The molecule has 12 aromatic rings. The van der Waals surface area contributed by atoms with E-state index in [1.54, 1.807) is 0 Å². The quantitative estimate of drug-likeness (QED) is 0.121. The van der Waals surface area contributed by atoms with Crippen molar-refractivity contribution in [3.05, 3.63) is 317 Å². The Balaban J connectivity index is 1.08. The van der Waals surface area contributed by atoms with Crippen LogP contribution in [0.15, 0.2) is 277 Å². The van der Waals surface area contributed by atoms with Crippen molar-refractivity contribution in [1.29, 1.82) is 0 Å². The van der Waals surface area contributed by atoms with Gasteiger partial charge in [-0.15, -0.1) is 0 Å². The summed E-state index contributed by atoms with van der Waals surface area (Å²) in [5, 5.41) is 2.11. The van der Waals surface area contributed by atoms with E-state index in [9.17, 15) is 0 Å². The zero-order valence-electron chi connectivity index (χ0n) is 38.7. The van der Waals surface area contributed by atoms with Crippen LogP contribution in [0.4, 0.5) is 0 Å². The topological polar surface area (TPSA) is 51.8 Å². The fraction of sp³-hybridized carbons (Fsp3) is 0. The average Bonchev–Trinajstić information content (AvgIpc) is 3.83. The van der Waals surface area contributed by atoms with E-state index in [-0.39, 0.29) is 0 Å². The molecule has 334 valence electrons. The smallest absolute Gasteiger partial charge is 0.164 e.